The number of quaternary nitrogens is 1. The van der Waals surface area contributed by atoms with Crippen LogP contribution in [0.5, 0.6) is 5.75 Å². The largest absolute Gasteiger partial charge is 0.493 e. The molecule has 1 aromatic carbocycles. The van der Waals surface area contributed by atoms with E-state index in [1.165, 1.54) is 11.1 Å². The Bertz CT molecular complexity index is 651. The fourth-order valence-electron chi connectivity index (χ4n) is 2.77. The van der Waals surface area contributed by atoms with Gasteiger partial charge in [-0.05, 0) is 70.7 Å². The molecule has 6 nitrogen and oxygen atoms in total. The van der Waals surface area contributed by atoms with Gasteiger partial charge < -0.3 is 20.3 Å². The molecule has 152 valence electrons. The average molecular weight is 379 g/mol. The van der Waals surface area contributed by atoms with Crippen LogP contribution in [0.25, 0.3) is 0 Å². The summed E-state index contributed by atoms with van der Waals surface area (Å²) in [5.41, 5.74) is 3.31. The number of hydrogen-bond acceptors (Lipinski definition) is 3. The topological polar surface area (TPSA) is 71.9 Å². The van der Waals surface area contributed by atoms with E-state index in [2.05, 4.69) is 37.5 Å². The Labute approximate surface area is 163 Å². The third kappa shape index (κ3) is 9.43. The molecule has 0 heterocycles. The first kappa shape index (κ1) is 23.0. The lowest BCUT2D eigenvalue weighted by Gasteiger charge is -2.21. The zero-order chi connectivity index (χ0) is 20.6. The molecule has 6 heteroatoms. The third-order valence-corrected chi connectivity index (χ3v) is 4.10. The predicted octanol–water partition coefficient (Wildman–Crippen LogP) is 0.926. The van der Waals surface area contributed by atoms with E-state index in [1.807, 2.05) is 33.9 Å². The van der Waals surface area contributed by atoms with Crippen LogP contribution in [0.2, 0.25) is 0 Å². The molecule has 3 N–H and O–H groups in total. The molecule has 0 bridgehead atoms. The lowest BCUT2D eigenvalue weighted by Crippen LogP contribution is -3.11. The molecule has 0 spiro atoms. The highest BCUT2D eigenvalue weighted by molar-refractivity contribution is 5.79. The summed E-state index contributed by atoms with van der Waals surface area (Å²) in [5, 5.41) is 5.79. The number of benzene rings is 1. The number of carbonyl (C=O) groups is 2. The Morgan fingerprint density at radius 2 is 1.70 bits per heavy atom. The van der Waals surface area contributed by atoms with Gasteiger partial charge in [0, 0.05) is 12.1 Å². The van der Waals surface area contributed by atoms with Crippen LogP contribution in [0, 0.1) is 20.8 Å². The Morgan fingerprint density at radius 3 is 2.33 bits per heavy atom. The van der Waals surface area contributed by atoms with E-state index in [9.17, 15) is 9.59 Å². The lowest BCUT2D eigenvalue weighted by atomic mass is 10.1. The van der Waals surface area contributed by atoms with Crippen LogP contribution >= 0.6 is 0 Å². The summed E-state index contributed by atoms with van der Waals surface area (Å²) in [4.78, 5) is 24.7. The zero-order valence-corrected chi connectivity index (χ0v) is 17.9. The highest BCUT2D eigenvalue weighted by Crippen LogP contribution is 2.23. The highest BCUT2D eigenvalue weighted by atomic mass is 16.5. The molecule has 0 fully saturated rings. The van der Waals surface area contributed by atoms with Crippen molar-refractivity contribution in [2.45, 2.75) is 53.5 Å². The molecular formula is C21H36N3O3+. The molecular weight excluding hydrogens is 342 g/mol. The monoisotopic (exact) mass is 378 g/mol. The lowest BCUT2D eigenvalue weighted by molar-refractivity contribution is -0.862. The van der Waals surface area contributed by atoms with Crippen molar-refractivity contribution in [2.24, 2.45) is 0 Å². The van der Waals surface area contributed by atoms with Crippen molar-refractivity contribution in [3.8, 4) is 5.75 Å². The van der Waals surface area contributed by atoms with Crippen LogP contribution in [-0.2, 0) is 9.59 Å². The van der Waals surface area contributed by atoms with E-state index in [4.69, 9.17) is 4.74 Å². The summed E-state index contributed by atoms with van der Waals surface area (Å²) < 4.78 is 5.85. The number of likely N-dealkylation sites (N-methyl/N-ethyl adjacent to an activating group) is 1. The van der Waals surface area contributed by atoms with E-state index in [0.717, 1.165) is 22.6 Å². The quantitative estimate of drug-likeness (QED) is 0.560. The van der Waals surface area contributed by atoms with Gasteiger partial charge >= 0.3 is 0 Å². The third-order valence-electron chi connectivity index (χ3n) is 4.10. The molecule has 0 aromatic heterocycles. The number of rotatable bonds is 9. The first-order chi connectivity index (χ1) is 12.5. The standard InChI is InChI=1S/C21H35N3O3/c1-15-11-16(2)17(3)18(12-15)27-10-8-9-22-19(25)13-24(7)14-20(26)23-21(4,5)6/h11-12H,8-10,13-14H2,1-7H3,(H,22,25)(H,23,26)/p+1. The summed E-state index contributed by atoms with van der Waals surface area (Å²) in [6.07, 6.45) is 0.738. The maximum absolute atomic E-state index is 12.0. The highest BCUT2D eigenvalue weighted by Gasteiger charge is 2.18. The molecule has 0 radical (unpaired) electrons. The molecule has 0 aliphatic heterocycles. The first-order valence-corrected chi connectivity index (χ1v) is 9.57. The van der Waals surface area contributed by atoms with E-state index < -0.39 is 0 Å². The van der Waals surface area contributed by atoms with E-state index in [1.54, 1.807) is 0 Å². The van der Waals surface area contributed by atoms with Gasteiger partial charge in [0.2, 0.25) is 0 Å². The summed E-state index contributed by atoms with van der Waals surface area (Å²) in [7, 11) is 1.84. The van der Waals surface area contributed by atoms with Gasteiger partial charge in [0.25, 0.3) is 11.8 Å². The molecule has 1 atom stereocenters. The fraction of sp³-hybridized carbons (Fsp3) is 0.619. The van der Waals surface area contributed by atoms with Crippen LogP contribution in [0.1, 0.15) is 43.9 Å². The van der Waals surface area contributed by atoms with E-state index in [0.29, 0.717) is 13.2 Å². The zero-order valence-electron chi connectivity index (χ0n) is 17.9. The molecule has 0 saturated carbocycles. The van der Waals surface area contributed by atoms with Crippen LogP contribution in [0.15, 0.2) is 12.1 Å². The van der Waals surface area contributed by atoms with Crippen molar-refractivity contribution in [3.63, 3.8) is 0 Å². The minimum Gasteiger partial charge on any atom is -0.493 e. The normalized spacial score (nSPS) is 12.4. The SMILES string of the molecule is Cc1cc(C)c(C)c(OCCCNC(=O)C[NH+](C)CC(=O)NC(C)(C)C)c1. The molecule has 1 rings (SSSR count). The van der Waals surface area contributed by atoms with Gasteiger partial charge in [0.05, 0.1) is 13.7 Å². The van der Waals surface area contributed by atoms with Crippen molar-refractivity contribution in [3.05, 3.63) is 28.8 Å². The minimum atomic E-state index is -0.256. The van der Waals surface area contributed by atoms with Gasteiger partial charge in [-0.2, -0.15) is 0 Å². The fourth-order valence-corrected chi connectivity index (χ4v) is 2.77. The number of carbonyl (C=O) groups excluding carboxylic acids is 2. The summed E-state index contributed by atoms with van der Waals surface area (Å²) in [5.74, 6) is 0.802. The second-order valence-electron chi connectivity index (χ2n) is 8.37. The molecule has 0 saturated heterocycles. The number of ether oxygens (including phenoxy) is 1. The first-order valence-electron chi connectivity index (χ1n) is 9.57. The van der Waals surface area contributed by atoms with E-state index >= 15 is 0 Å². The Balaban J connectivity index is 2.25. The molecule has 27 heavy (non-hydrogen) atoms. The number of hydrogen-bond donors (Lipinski definition) is 3. The summed E-state index contributed by atoms with van der Waals surface area (Å²) in [6.45, 7) is 13.7. The maximum Gasteiger partial charge on any atom is 0.275 e. The van der Waals surface area contributed by atoms with Crippen LogP contribution in [0.3, 0.4) is 0 Å². The molecule has 1 aromatic rings. The number of amides is 2. The van der Waals surface area contributed by atoms with Gasteiger partial charge in [0.15, 0.2) is 13.1 Å². The second-order valence-corrected chi connectivity index (χ2v) is 8.37. The van der Waals surface area contributed by atoms with Gasteiger partial charge in [-0.1, -0.05) is 6.07 Å². The van der Waals surface area contributed by atoms with Crippen LogP contribution in [-0.4, -0.2) is 50.6 Å². The Morgan fingerprint density at radius 1 is 1.07 bits per heavy atom. The molecule has 0 aliphatic rings. The van der Waals surface area contributed by atoms with Crippen LogP contribution < -0.4 is 20.3 Å². The van der Waals surface area contributed by atoms with Crippen molar-refractivity contribution in [2.75, 3.05) is 33.3 Å². The van der Waals surface area contributed by atoms with Gasteiger partial charge in [0.1, 0.15) is 5.75 Å². The maximum atomic E-state index is 12.0. The van der Waals surface area contributed by atoms with Gasteiger partial charge in [-0.25, -0.2) is 0 Å². The summed E-state index contributed by atoms with van der Waals surface area (Å²) >= 11 is 0. The number of aryl methyl sites for hydroxylation is 2. The van der Waals surface area contributed by atoms with Gasteiger partial charge in [-0.15, -0.1) is 0 Å². The van der Waals surface area contributed by atoms with Crippen molar-refractivity contribution < 1.29 is 19.2 Å². The van der Waals surface area contributed by atoms with Crippen molar-refractivity contribution >= 4 is 11.8 Å². The minimum absolute atomic E-state index is 0.0509. The summed E-state index contributed by atoms with van der Waals surface area (Å²) in [6, 6.07) is 4.19. The molecule has 2 amide bonds. The Hall–Kier alpha value is -2.08. The van der Waals surface area contributed by atoms with Crippen molar-refractivity contribution in [1.29, 1.82) is 0 Å². The van der Waals surface area contributed by atoms with Crippen LogP contribution in [0.4, 0.5) is 0 Å². The average Bonchev–Trinajstić information content (AvgIpc) is 2.49. The predicted molar refractivity (Wildman–Crippen MR) is 108 cm³/mol. The second kappa shape index (κ2) is 10.3. The number of nitrogens with one attached hydrogen (secondary N) is 3. The Kier molecular flexibility index (Phi) is 8.76. The smallest absolute Gasteiger partial charge is 0.275 e. The molecule has 0 aliphatic carbocycles. The molecule has 1 unspecified atom stereocenters. The van der Waals surface area contributed by atoms with E-state index in [-0.39, 0.29) is 30.4 Å². The van der Waals surface area contributed by atoms with Gasteiger partial charge in [-0.3, -0.25) is 9.59 Å². The van der Waals surface area contributed by atoms with Crippen molar-refractivity contribution in [1.82, 2.24) is 10.6 Å².